The van der Waals surface area contributed by atoms with Crippen LogP contribution in [-0.4, -0.2) is 30.8 Å². The van der Waals surface area contributed by atoms with Gasteiger partial charge in [0.05, 0.1) is 13.0 Å². The number of ether oxygens (including phenoxy) is 1. The first kappa shape index (κ1) is 17.5. The summed E-state index contributed by atoms with van der Waals surface area (Å²) in [7, 11) is 0. The monoisotopic (exact) mass is 293 g/mol. The minimum Gasteiger partial charge on any atom is -0.493 e. The number of para-hydroxylation sites is 1. The maximum Gasteiger partial charge on any atom is 0.223 e. The molecule has 0 spiro atoms. The lowest BCUT2D eigenvalue weighted by atomic mass is 9.88. The van der Waals surface area contributed by atoms with Gasteiger partial charge in [0.25, 0.3) is 0 Å². The Hall–Kier alpha value is -1.55. The van der Waals surface area contributed by atoms with Crippen molar-refractivity contribution < 1.29 is 14.6 Å². The van der Waals surface area contributed by atoms with Crippen molar-refractivity contribution in [3.05, 3.63) is 29.8 Å². The molecule has 2 N–H and O–H groups in total. The van der Waals surface area contributed by atoms with Gasteiger partial charge >= 0.3 is 0 Å². The van der Waals surface area contributed by atoms with Crippen LogP contribution in [0.2, 0.25) is 0 Å². The lowest BCUT2D eigenvalue weighted by Gasteiger charge is -2.24. The minimum absolute atomic E-state index is 0.000609. The number of aliphatic hydroxyl groups excluding tert-OH is 1. The molecule has 1 aromatic rings. The number of benzene rings is 1. The zero-order chi connectivity index (χ0) is 15.7. The first-order chi connectivity index (χ1) is 9.94. The molecule has 0 fully saturated rings. The highest BCUT2D eigenvalue weighted by Gasteiger charge is 2.18. The third-order valence-electron chi connectivity index (χ3n) is 3.46. The Morgan fingerprint density at radius 3 is 2.71 bits per heavy atom. The van der Waals surface area contributed by atoms with Gasteiger partial charge in [-0.3, -0.25) is 4.79 Å². The van der Waals surface area contributed by atoms with Crippen LogP contribution in [0.1, 0.15) is 38.7 Å². The third kappa shape index (κ3) is 7.14. The van der Waals surface area contributed by atoms with Gasteiger partial charge in [0.1, 0.15) is 5.75 Å². The molecule has 0 aliphatic carbocycles. The van der Waals surface area contributed by atoms with Crippen LogP contribution in [0.15, 0.2) is 24.3 Å². The summed E-state index contributed by atoms with van der Waals surface area (Å²) in [6.45, 7) is 7.37. The number of aryl methyl sites for hydroxylation is 1. The van der Waals surface area contributed by atoms with Gasteiger partial charge in [0.15, 0.2) is 0 Å². The minimum atomic E-state index is 0.000609. The van der Waals surface area contributed by atoms with E-state index in [2.05, 4.69) is 19.2 Å². The SMILES string of the molecule is Cc1ccccc1OCCC(=O)NCC(C)(C)CCCO. The molecule has 1 aromatic carbocycles. The molecule has 0 aliphatic heterocycles. The van der Waals surface area contributed by atoms with Crippen molar-refractivity contribution in [1.82, 2.24) is 5.32 Å². The van der Waals surface area contributed by atoms with Gasteiger partial charge in [-0.25, -0.2) is 0 Å². The summed E-state index contributed by atoms with van der Waals surface area (Å²) < 4.78 is 5.61. The summed E-state index contributed by atoms with van der Waals surface area (Å²) in [6, 6.07) is 7.78. The second-order valence-electron chi connectivity index (χ2n) is 6.13. The van der Waals surface area contributed by atoms with Gasteiger partial charge < -0.3 is 15.2 Å². The molecule has 0 heterocycles. The molecule has 4 nitrogen and oxygen atoms in total. The lowest BCUT2D eigenvalue weighted by molar-refractivity contribution is -0.122. The number of amides is 1. The molecule has 4 heteroatoms. The second-order valence-corrected chi connectivity index (χ2v) is 6.13. The van der Waals surface area contributed by atoms with Crippen molar-refractivity contribution in [1.29, 1.82) is 0 Å². The highest BCUT2D eigenvalue weighted by molar-refractivity contribution is 5.76. The molecule has 21 heavy (non-hydrogen) atoms. The Labute approximate surface area is 127 Å². The zero-order valence-electron chi connectivity index (χ0n) is 13.3. The van der Waals surface area contributed by atoms with Gasteiger partial charge in [0, 0.05) is 13.2 Å². The van der Waals surface area contributed by atoms with E-state index in [9.17, 15) is 4.79 Å². The second kappa shape index (κ2) is 8.67. The number of hydrogen-bond donors (Lipinski definition) is 2. The van der Waals surface area contributed by atoms with Crippen LogP contribution >= 0.6 is 0 Å². The average Bonchev–Trinajstić information content (AvgIpc) is 2.45. The van der Waals surface area contributed by atoms with E-state index in [0.717, 1.165) is 24.2 Å². The van der Waals surface area contributed by atoms with Crippen LogP contribution in [0.25, 0.3) is 0 Å². The highest BCUT2D eigenvalue weighted by Crippen LogP contribution is 2.20. The molecule has 0 saturated heterocycles. The number of nitrogens with one attached hydrogen (secondary N) is 1. The molecule has 118 valence electrons. The standard InChI is InChI=1S/C17H27NO3/c1-14-7-4-5-8-15(14)21-12-9-16(20)18-13-17(2,3)10-6-11-19/h4-5,7-8,19H,6,9-13H2,1-3H3,(H,18,20). The first-order valence-corrected chi connectivity index (χ1v) is 7.50. The van der Waals surface area contributed by atoms with Gasteiger partial charge in [-0.05, 0) is 36.8 Å². The Bertz CT molecular complexity index is 443. The maximum atomic E-state index is 11.8. The van der Waals surface area contributed by atoms with E-state index in [1.54, 1.807) is 0 Å². The van der Waals surface area contributed by atoms with Crippen LogP contribution in [-0.2, 0) is 4.79 Å². The Balaban J connectivity index is 2.24. The van der Waals surface area contributed by atoms with Crippen molar-refractivity contribution in [2.45, 2.75) is 40.0 Å². The summed E-state index contributed by atoms with van der Waals surface area (Å²) in [6.07, 6.45) is 2.01. The molecular formula is C17H27NO3. The van der Waals surface area contributed by atoms with Gasteiger partial charge in [0.2, 0.25) is 5.91 Å². The van der Waals surface area contributed by atoms with E-state index in [0.29, 0.717) is 19.6 Å². The van der Waals surface area contributed by atoms with Crippen LogP contribution in [0, 0.1) is 12.3 Å². The van der Waals surface area contributed by atoms with E-state index >= 15 is 0 Å². The molecule has 0 atom stereocenters. The topological polar surface area (TPSA) is 58.6 Å². The predicted octanol–water partition coefficient (Wildman–Crippen LogP) is 2.68. The number of aliphatic hydroxyl groups is 1. The molecule has 0 radical (unpaired) electrons. The molecule has 1 rings (SSSR count). The summed E-state index contributed by atoms with van der Waals surface area (Å²) in [4.78, 5) is 11.8. The van der Waals surface area contributed by atoms with Crippen LogP contribution in [0.4, 0.5) is 0 Å². The fourth-order valence-corrected chi connectivity index (χ4v) is 2.04. The summed E-state index contributed by atoms with van der Waals surface area (Å²) in [5.74, 6) is 0.828. The van der Waals surface area contributed by atoms with Crippen molar-refractivity contribution >= 4 is 5.91 Å². The van der Waals surface area contributed by atoms with E-state index in [1.165, 1.54) is 0 Å². The number of rotatable bonds is 9. The molecule has 0 bridgehead atoms. The van der Waals surface area contributed by atoms with E-state index in [4.69, 9.17) is 9.84 Å². The fourth-order valence-electron chi connectivity index (χ4n) is 2.04. The van der Waals surface area contributed by atoms with Crippen molar-refractivity contribution in [3.8, 4) is 5.75 Å². The normalized spacial score (nSPS) is 11.2. The molecule has 0 saturated carbocycles. The number of carbonyl (C=O) groups is 1. The van der Waals surface area contributed by atoms with Crippen LogP contribution < -0.4 is 10.1 Å². The highest BCUT2D eigenvalue weighted by atomic mass is 16.5. The van der Waals surface area contributed by atoms with Crippen LogP contribution in [0.3, 0.4) is 0 Å². The number of carbonyl (C=O) groups excluding carboxylic acids is 1. The number of hydrogen-bond acceptors (Lipinski definition) is 3. The molecule has 1 amide bonds. The summed E-state index contributed by atoms with van der Waals surface area (Å²) >= 11 is 0. The Morgan fingerprint density at radius 2 is 2.05 bits per heavy atom. The third-order valence-corrected chi connectivity index (χ3v) is 3.46. The maximum absolute atomic E-state index is 11.8. The summed E-state index contributed by atoms with van der Waals surface area (Å²) in [5, 5.41) is 11.8. The van der Waals surface area contributed by atoms with Gasteiger partial charge in [-0.2, -0.15) is 0 Å². The zero-order valence-corrected chi connectivity index (χ0v) is 13.3. The van der Waals surface area contributed by atoms with Crippen molar-refractivity contribution in [2.24, 2.45) is 5.41 Å². The molecule has 0 unspecified atom stereocenters. The van der Waals surface area contributed by atoms with Gasteiger partial charge in [-0.1, -0.05) is 32.0 Å². The van der Waals surface area contributed by atoms with E-state index in [1.807, 2.05) is 31.2 Å². The summed E-state index contributed by atoms with van der Waals surface area (Å²) in [5.41, 5.74) is 1.08. The predicted molar refractivity (Wildman–Crippen MR) is 84.4 cm³/mol. The first-order valence-electron chi connectivity index (χ1n) is 7.50. The van der Waals surface area contributed by atoms with Gasteiger partial charge in [-0.15, -0.1) is 0 Å². The average molecular weight is 293 g/mol. The Morgan fingerprint density at radius 1 is 1.33 bits per heavy atom. The smallest absolute Gasteiger partial charge is 0.223 e. The lowest BCUT2D eigenvalue weighted by Crippen LogP contribution is -2.34. The molecular weight excluding hydrogens is 266 g/mol. The van der Waals surface area contributed by atoms with Crippen molar-refractivity contribution in [3.63, 3.8) is 0 Å². The van der Waals surface area contributed by atoms with Crippen molar-refractivity contribution in [2.75, 3.05) is 19.8 Å². The van der Waals surface area contributed by atoms with Crippen LogP contribution in [0.5, 0.6) is 5.75 Å². The van der Waals surface area contributed by atoms with E-state index in [-0.39, 0.29) is 17.9 Å². The van der Waals surface area contributed by atoms with E-state index < -0.39 is 0 Å². The molecule has 0 aromatic heterocycles. The largest absolute Gasteiger partial charge is 0.493 e. The Kier molecular flexibility index (Phi) is 7.23. The molecule has 0 aliphatic rings. The quantitative estimate of drug-likeness (QED) is 0.736. The fraction of sp³-hybridized carbons (Fsp3) is 0.588.